The molecule has 1 aromatic heterocycles. The number of nitrogens with zero attached hydrogens (tertiary/aromatic N) is 1. The zero-order valence-corrected chi connectivity index (χ0v) is 10.6. The first-order valence-corrected chi connectivity index (χ1v) is 6.15. The van der Waals surface area contributed by atoms with Crippen LogP contribution in [0.1, 0.15) is 5.56 Å². The number of aromatic nitrogens is 2. The van der Waals surface area contributed by atoms with Crippen molar-refractivity contribution >= 4 is 22.6 Å². The van der Waals surface area contributed by atoms with Gasteiger partial charge in [-0.3, -0.25) is 4.57 Å². The van der Waals surface area contributed by atoms with E-state index in [2.05, 4.69) is 4.98 Å². The number of hydrogen-bond donors (Lipinski definition) is 1. The molecule has 0 spiro atoms. The number of halogens is 2. The molecule has 96 valence electrons. The van der Waals surface area contributed by atoms with E-state index in [1.807, 2.05) is 0 Å². The van der Waals surface area contributed by atoms with Crippen molar-refractivity contribution < 1.29 is 4.39 Å². The van der Waals surface area contributed by atoms with Gasteiger partial charge >= 0.3 is 5.69 Å². The Morgan fingerprint density at radius 3 is 2.74 bits per heavy atom. The van der Waals surface area contributed by atoms with Gasteiger partial charge in [0.15, 0.2) is 0 Å². The predicted molar refractivity (Wildman–Crippen MR) is 73.1 cm³/mol. The lowest BCUT2D eigenvalue weighted by Gasteiger charge is -2.05. The summed E-state index contributed by atoms with van der Waals surface area (Å²) in [7, 11) is 0. The first kappa shape index (κ1) is 12.0. The Kier molecular flexibility index (Phi) is 2.87. The monoisotopic (exact) mass is 276 g/mol. The van der Waals surface area contributed by atoms with Crippen molar-refractivity contribution in [3.05, 3.63) is 69.4 Å². The van der Waals surface area contributed by atoms with Gasteiger partial charge in [0.25, 0.3) is 0 Å². The van der Waals surface area contributed by atoms with Crippen LogP contribution >= 0.6 is 11.6 Å². The fraction of sp³-hybridized carbons (Fsp3) is 0.0714. The highest BCUT2D eigenvalue weighted by Crippen LogP contribution is 2.21. The second kappa shape index (κ2) is 4.55. The highest BCUT2D eigenvalue weighted by atomic mass is 35.5. The van der Waals surface area contributed by atoms with Crippen LogP contribution in [0.5, 0.6) is 0 Å². The fourth-order valence-electron chi connectivity index (χ4n) is 2.10. The van der Waals surface area contributed by atoms with E-state index >= 15 is 0 Å². The average Bonchev–Trinajstić information content (AvgIpc) is 2.71. The molecule has 0 saturated carbocycles. The van der Waals surface area contributed by atoms with Gasteiger partial charge in [0.05, 0.1) is 22.6 Å². The number of hydrogen-bond acceptors (Lipinski definition) is 1. The number of rotatable bonds is 2. The second-order valence-corrected chi connectivity index (χ2v) is 4.65. The van der Waals surface area contributed by atoms with E-state index in [4.69, 9.17) is 11.6 Å². The number of nitrogens with one attached hydrogen (secondary N) is 1. The molecule has 3 aromatic rings. The summed E-state index contributed by atoms with van der Waals surface area (Å²) in [6, 6.07) is 11.6. The maximum Gasteiger partial charge on any atom is 0.326 e. The predicted octanol–water partition coefficient (Wildman–Crippen LogP) is 3.17. The van der Waals surface area contributed by atoms with Crippen LogP contribution in [-0.2, 0) is 6.54 Å². The van der Waals surface area contributed by atoms with Gasteiger partial charge in [-0.2, -0.15) is 0 Å². The van der Waals surface area contributed by atoms with Crippen LogP contribution in [-0.4, -0.2) is 9.55 Å². The van der Waals surface area contributed by atoms with Crippen molar-refractivity contribution in [1.82, 2.24) is 9.55 Å². The van der Waals surface area contributed by atoms with E-state index in [1.165, 1.54) is 10.6 Å². The van der Waals surface area contributed by atoms with Gasteiger partial charge in [0, 0.05) is 5.56 Å². The van der Waals surface area contributed by atoms with Gasteiger partial charge in [-0.1, -0.05) is 35.9 Å². The minimum atomic E-state index is -0.328. The van der Waals surface area contributed by atoms with Gasteiger partial charge < -0.3 is 4.98 Å². The summed E-state index contributed by atoms with van der Waals surface area (Å²) in [5, 5.41) is 0.474. The van der Waals surface area contributed by atoms with E-state index < -0.39 is 0 Å². The van der Waals surface area contributed by atoms with Gasteiger partial charge in [-0.25, -0.2) is 9.18 Å². The number of imidazole rings is 1. The third-order valence-corrected chi connectivity index (χ3v) is 3.36. The molecule has 0 radical (unpaired) electrons. The molecule has 0 saturated heterocycles. The van der Waals surface area contributed by atoms with E-state index in [0.29, 0.717) is 21.6 Å². The van der Waals surface area contributed by atoms with Crippen LogP contribution in [0.3, 0.4) is 0 Å². The highest BCUT2D eigenvalue weighted by Gasteiger charge is 2.11. The number of fused-ring (bicyclic) bond motifs is 1. The molecule has 0 unspecified atom stereocenters. The largest absolute Gasteiger partial charge is 0.326 e. The van der Waals surface area contributed by atoms with Crippen LogP contribution in [0.25, 0.3) is 11.0 Å². The van der Waals surface area contributed by atoms with Gasteiger partial charge in [0.2, 0.25) is 0 Å². The summed E-state index contributed by atoms with van der Waals surface area (Å²) < 4.78 is 15.1. The lowest BCUT2D eigenvalue weighted by molar-refractivity contribution is 0.599. The third-order valence-electron chi connectivity index (χ3n) is 3.05. The Hall–Kier alpha value is -2.07. The van der Waals surface area contributed by atoms with Gasteiger partial charge in [0.1, 0.15) is 5.82 Å². The van der Waals surface area contributed by atoms with Crippen molar-refractivity contribution in [2.24, 2.45) is 0 Å². The van der Waals surface area contributed by atoms with Crippen molar-refractivity contribution in [2.75, 3.05) is 0 Å². The molecule has 3 rings (SSSR count). The molecule has 0 fully saturated rings. The second-order valence-electron chi connectivity index (χ2n) is 4.24. The molecule has 0 amide bonds. The molecule has 1 N–H and O–H groups in total. The standard InChI is InChI=1S/C14H10ClFN2O/c15-10-5-3-7-12-13(10)17-14(19)18(12)8-9-4-1-2-6-11(9)16/h1-7H,8H2,(H,17,19). The summed E-state index contributed by atoms with van der Waals surface area (Å²) in [5.74, 6) is -0.328. The minimum absolute atomic E-state index is 0.172. The molecule has 0 aliphatic heterocycles. The smallest absolute Gasteiger partial charge is 0.304 e. The summed E-state index contributed by atoms with van der Waals surface area (Å²) in [4.78, 5) is 14.6. The molecule has 2 aromatic carbocycles. The number of benzene rings is 2. The Bertz CT molecular complexity index is 807. The maximum atomic E-state index is 13.6. The molecular formula is C14H10ClFN2O. The van der Waals surface area contributed by atoms with E-state index in [0.717, 1.165) is 0 Å². The molecule has 3 nitrogen and oxygen atoms in total. The maximum absolute atomic E-state index is 13.6. The summed E-state index contributed by atoms with van der Waals surface area (Å²) in [6.45, 7) is 0.172. The van der Waals surface area contributed by atoms with E-state index in [9.17, 15) is 9.18 Å². The first-order valence-electron chi connectivity index (χ1n) is 5.77. The molecule has 0 aliphatic carbocycles. The molecule has 0 bridgehead atoms. The molecule has 5 heteroatoms. The van der Waals surface area contributed by atoms with Gasteiger partial charge in [-0.15, -0.1) is 0 Å². The lowest BCUT2D eigenvalue weighted by atomic mass is 10.2. The van der Waals surface area contributed by atoms with Gasteiger partial charge in [-0.05, 0) is 18.2 Å². The molecule has 0 aliphatic rings. The lowest BCUT2D eigenvalue weighted by Crippen LogP contribution is -2.17. The van der Waals surface area contributed by atoms with Crippen LogP contribution in [0, 0.1) is 5.82 Å². The summed E-state index contributed by atoms with van der Waals surface area (Å²) >= 11 is 6.02. The van der Waals surface area contributed by atoms with E-state index in [-0.39, 0.29) is 18.1 Å². The van der Waals surface area contributed by atoms with E-state index in [1.54, 1.807) is 36.4 Å². The van der Waals surface area contributed by atoms with Crippen molar-refractivity contribution in [2.45, 2.75) is 6.54 Å². The Labute approximate surface area is 113 Å². The summed E-state index contributed by atoms with van der Waals surface area (Å²) in [6.07, 6.45) is 0. The fourth-order valence-corrected chi connectivity index (χ4v) is 2.32. The minimum Gasteiger partial charge on any atom is -0.304 e. The topological polar surface area (TPSA) is 37.8 Å². The Morgan fingerprint density at radius 2 is 1.95 bits per heavy atom. The molecular weight excluding hydrogens is 267 g/mol. The highest BCUT2D eigenvalue weighted by molar-refractivity contribution is 6.34. The first-order chi connectivity index (χ1) is 9.16. The summed E-state index contributed by atoms with van der Waals surface area (Å²) in [5.41, 5.74) is 1.41. The van der Waals surface area contributed by atoms with Crippen molar-refractivity contribution in [1.29, 1.82) is 0 Å². The van der Waals surface area contributed by atoms with Crippen molar-refractivity contribution in [3.8, 4) is 0 Å². The van der Waals surface area contributed by atoms with Crippen LogP contribution < -0.4 is 5.69 Å². The molecule has 0 atom stereocenters. The number of para-hydroxylation sites is 1. The van der Waals surface area contributed by atoms with Crippen LogP contribution in [0.2, 0.25) is 5.02 Å². The quantitative estimate of drug-likeness (QED) is 0.767. The van der Waals surface area contributed by atoms with Crippen molar-refractivity contribution in [3.63, 3.8) is 0 Å². The molecule has 19 heavy (non-hydrogen) atoms. The average molecular weight is 277 g/mol. The van der Waals surface area contributed by atoms with Crippen LogP contribution in [0.4, 0.5) is 4.39 Å². The Morgan fingerprint density at radius 1 is 1.16 bits per heavy atom. The number of H-pyrrole nitrogens is 1. The number of aromatic amines is 1. The zero-order chi connectivity index (χ0) is 13.4. The normalized spacial score (nSPS) is 11.1. The van der Waals surface area contributed by atoms with Crippen LogP contribution in [0.15, 0.2) is 47.3 Å². The zero-order valence-electron chi connectivity index (χ0n) is 9.86. The SMILES string of the molecule is O=c1[nH]c2c(Cl)cccc2n1Cc1ccccc1F. The third kappa shape index (κ3) is 2.04. The Balaban J connectivity index is 2.16. The molecule has 1 heterocycles.